The van der Waals surface area contributed by atoms with Crippen molar-refractivity contribution in [3.63, 3.8) is 0 Å². The largest absolute Gasteiger partial charge is 0.391 e. The number of halogens is 1. The lowest BCUT2D eigenvalue weighted by atomic mass is 10.1. The van der Waals surface area contributed by atoms with Crippen LogP contribution in [0, 0.1) is 0 Å². The van der Waals surface area contributed by atoms with Gasteiger partial charge in [-0.3, -0.25) is 4.79 Å². The van der Waals surface area contributed by atoms with Crippen molar-refractivity contribution in [1.82, 2.24) is 4.90 Å². The van der Waals surface area contributed by atoms with Crippen molar-refractivity contribution in [3.05, 3.63) is 34.9 Å². The van der Waals surface area contributed by atoms with E-state index in [0.717, 1.165) is 24.9 Å². The van der Waals surface area contributed by atoms with Crippen molar-refractivity contribution in [3.8, 4) is 0 Å². The predicted molar refractivity (Wildman–Crippen MR) is 67.0 cm³/mol. The van der Waals surface area contributed by atoms with Crippen LogP contribution in [0.2, 0.25) is 5.02 Å². The zero-order valence-electron chi connectivity index (χ0n) is 9.60. The molecule has 1 aliphatic heterocycles. The van der Waals surface area contributed by atoms with Gasteiger partial charge in [0.25, 0.3) is 0 Å². The van der Waals surface area contributed by atoms with E-state index in [4.69, 9.17) is 11.6 Å². The van der Waals surface area contributed by atoms with Crippen molar-refractivity contribution < 1.29 is 9.90 Å². The van der Waals surface area contributed by atoms with Crippen LogP contribution in [0.4, 0.5) is 0 Å². The third kappa shape index (κ3) is 3.45. The summed E-state index contributed by atoms with van der Waals surface area (Å²) in [6.45, 7) is 1.22. The van der Waals surface area contributed by atoms with Crippen LogP contribution in [0.5, 0.6) is 0 Å². The van der Waals surface area contributed by atoms with Gasteiger partial charge >= 0.3 is 0 Å². The minimum Gasteiger partial charge on any atom is -0.391 e. The highest BCUT2D eigenvalue weighted by Gasteiger charge is 2.21. The second-order valence-corrected chi connectivity index (χ2v) is 4.88. The van der Waals surface area contributed by atoms with E-state index in [1.165, 1.54) is 0 Å². The molecule has 0 spiro atoms. The first-order valence-electron chi connectivity index (χ1n) is 5.85. The number of hydrogen-bond acceptors (Lipinski definition) is 2. The smallest absolute Gasteiger partial charge is 0.227 e. The van der Waals surface area contributed by atoms with E-state index in [1.54, 1.807) is 17.0 Å². The van der Waals surface area contributed by atoms with Gasteiger partial charge in [-0.2, -0.15) is 0 Å². The van der Waals surface area contributed by atoms with E-state index >= 15 is 0 Å². The number of carbonyl (C=O) groups excluding carboxylic acids is 1. The Morgan fingerprint density at radius 3 is 2.76 bits per heavy atom. The first-order chi connectivity index (χ1) is 8.15. The van der Waals surface area contributed by atoms with Crippen molar-refractivity contribution in [2.75, 3.05) is 13.1 Å². The summed E-state index contributed by atoms with van der Waals surface area (Å²) in [5.74, 6) is 0.0751. The number of piperidine rings is 1. The third-order valence-corrected chi connectivity index (χ3v) is 3.27. The summed E-state index contributed by atoms with van der Waals surface area (Å²) in [5.41, 5.74) is 0.958. The summed E-state index contributed by atoms with van der Waals surface area (Å²) < 4.78 is 0. The molecule has 1 aromatic carbocycles. The molecule has 1 saturated heterocycles. The van der Waals surface area contributed by atoms with Crippen LogP contribution >= 0.6 is 11.6 Å². The normalized spacial score (nSPS) is 20.4. The quantitative estimate of drug-likeness (QED) is 0.874. The molecule has 1 atom stereocenters. The highest BCUT2D eigenvalue weighted by atomic mass is 35.5. The van der Waals surface area contributed by atoms with Gasteiger partial charge in [-0.15, -0.1) is 0 Å². The van der Waals surface area contributed by atoms with Crippen molar-refractivity contribution in [1.29, 1.82) is 0 Å². The standard InChI is InChI=1S/C13H16ClNO2/c14-11-5-3-10(4-6-11)8-13(17)15-7-1-2-12(16)9-15/h3-6,12,16H,1-2,7-9H2. The Balaban J connectivity index is 1.94. The van der Waals surface area contributed by atoms with E-state index in [9.17, 15) is 9.90 Å². The number of benzene rings is 1. The van der Waals surface area contributed by atoms with E-state index in [2.05, 4.69) is 0 Å². The van der Waals surface area contributed by atoms with Crippen LogP contribution in [0.3, 0.4) is 0 Å². The molecule has 92 valence electrons. The molecule has 1 amide bonds. The second-order valence-electron chi connectivity index (χ2n) is 4.44. The van der Waals surface area contributed by atoms with Gasteiger partial charge in [0.15, 0.2) is 0 Å². The molecule has 17 heavy (non-hydrogen) atoms. The fourth-order valence-corrected chi connectivity index (χ4v) is 2.20. The third-order valence-electron chi connectivity index (χ3n) is 3.02. The first-order valence-corrected chi connectivity index (χ1v) is 6.23. The Hall–Kier alpha value is -1.06. The predicted octanol–water partition coefficient (Wildman–Crippen LogP) is 1.87. The molecule has 0 bridgehead atoms. The minimum absolute atomic E-state index is 0.0751. The van der Waals surface area contributed by atoms with E-state index in [1.807, 2.05) is 12.1 Å². The zero-order valence-corrected chi connectivity index (χ0v) is 10.4. The maximum absolute atomic E-state index is 12.0. The number of aliphatic hydroxyl groups excluding tert-OH is 1. The molecule has 4 heteroatoms. The number of β-amino-alcohol motifs (C(OH)–C–C–N with tert-alkyl or cyclic N) is 1. The highest BCUT2D eigenvalue weighted by Crippen LogP contribution is 2.14. The number of hydrogen-bond donors (Lipinski definition) is 1. The molecule has 1 N–H and O–H groups in total. The Bertz CT molecular complexity index is 391. The highest BCUT2D eigenvalue weighted by molar-refractivity contribution is 6.30. The summed E-state index contributed by atoms with van der Waals surface area (Å²) in [6, 6.07) is 7.30. The molecule has 0 saturated carbocycles. The van der Waals surface area contributed by atoms with Crippen LogP contribution < -0.4 is 0 Å². The Labute approximate surface area is 106 Å². The van der Waals surface area contributed by atoms with Gasteiger partial charge in [-0.25, -0.2) is 0 Å². The van der Waals surface area contributed by atoms with Crippen LogP contribution in [0.1, 0.15) is 18.4 Å². The molecule has 0 aliphatic carbocycles. The maximum Gasteiger partial charge on any atom is 0.227 e. The minimum atomic E-state index is -0.363. The van der Waals surface area contributed by atoms with Crippen molar-refractivity contribution in [2.24, 2.45) is 0 Å². The molecule has 3 nitrogen and oxygen atoms in total. The molecule has 2 rings (SSSR count). The summed E-state index contributed by atoms with van der Waals surface area (Å²) in [4.78, 5) is 13.7. The first kappa shape index (κ1) is 12.4. The SMILES string of the molecule is O=C(Cc1ccc(Cl)cc1)N1CCCC(O)C1. The van der Waals surface area contributed by atoms with Gasteiger partial charge in [0.2, 0.25) is 5.91 Å². The molecule has 1 heterocycles. The van der Waals surface area contributed by atoms with Gasteiger partial charge < -0.3 is 10.0 Å². The van der Waals surface area contributed by atoms with Crippen LogP contribution in [-0.2, 0) is 11.2 Å². The summed E-state index contributed by atoms with van der Waals surface area (Å²) in [5, 5.41) is 10.2. The number of likely N-dealkylation sites (tertiary alicyclic amines) is 1. The van der Waals surface area contributed by atoms with Gasteiger partial charge in [-0.1, -0.05) is 23.7 Å². The van der Waals surface area contributed by atoms with Gasteiger partial charge in [-0.05, 0) is 30.5 Å². The number of nitrogens with zero attached hydrogens (tertiary/aromatic N) is 1. The molecule has 1 aromatic rings. The van der Waals surface area contributed by atoms with E-state index in [-0.39, 0.29) is 12.0 Å². The van der Waals surface area contributed by atoms with Gasteiger partial charge in [0.05, 0.1) is 12.5 Å². The molecule has 1 aliphatic rings. The van der Waals surface area contributed by atoms with Crippen LogP contribution in [0.15, 0.2) is 24.3 Å². The van der Waals surface area contributed by atoms with Crippen LogP contribution in [0.25, 0.3) is 0 Å². The molecular formula is C13H16ClNO2. The average Bonchev–Trinajstić information content (AvgIpc) is 2.32. The number of amides is 1. The maximum atomic E-state index is 12.0. The van der Waals surface area contributed by atoms with Gasteiger partial charge in [0, 0.05) is 18.1 Å². The molecule has 0 radical (unpaired) electrons. The fraction of sp³-hybridized carbons (Fsp3) is 0.462. The molecule has 0 aromatic heterocycles. The number of rotatable bonds is 2. The molecule has 1 unspecified atom stereocenters. The topological polar surface area (TPSA) is 40.5 Å². The average molecular weight is 254 g/mol. The fourth-order valence-electron chi connectivity index (χ4n) is 2.07. The Kier molecular flexibility index (Phi) is 4.02. The molecule has 1 fully saturated rings. The Morgan fingerprint density at radius 1 is 1.41 bits per heavy atom. The van der Waals surface area contributed by atoms with Gasteiger partial charge in [0.1, 0.15) is 0 Å². The summed E-state index contributed by atoms with van der Waals surface area (Å²) in [6.07, 6.45) is 1.69. The lowest BCUT2D eigenvalue weighted by molar-refractivity contribution is -0.133. The lowest BCUT2D eigenvalue weighted by Crippen LogP contribution is -2.42. The van der Waals surface area contributed by atoms with E-state index < -0.39 is 0 Å². The van der Waals surface area contributed by atoms with Crippen LogP contribution in [-0.4, -0.2) is 35.1 Å². The number of carbonyl (C=O) groups is 1. The van der Waals surface area contributed by atoms with Crippen molar-refractivity contribution >= 4 is 17.5 Å². The summed E-state index contributed by atoms with van der Waals surface area (Å²) >= 11 is 5.79. The second kappa shape index (κ2) is 5.52. The lowest BCUT2D eigenvalue weighted by Gasteiger charge is -2.30. The monoisotopic (exact) mass is 253 g/mol. The molecular weight excluding hydrogens is 238 g/mol. The van der Waals surface area contributed by atoms with Crippen molar-refractivity contribution in [2.45, 2.75) is 25.4 Å². The number of aliphatic hydroxyl groups is 1. The summed E-state index contributed by atoms with van der Waals surface area (Å²) in [7, 11) is 0. The Morgan fingerprint density at radius 2 is 2.12 bits per heavy atom. The van der Waals surface area contributed by atoms with E-state index in [0.29, 0.717) is 18.0 Å². The zero-order chi connectivity index (χ0) is 12.3.